The predicted molar refractivity (Wildman–Crippen MR) is 61.4 cm³/mol. The maximum Gasteiger partial charge on any atom is 0.417 e. The SMILES string of the molecule is FC(F)(F)c1ccccc1-c1cnc(CCCl)o1. The number of hydrogen-bond acceptors (Lipinski definition) is 2. The first-order chi connectivity index (χ1) is 8.52. The van der Waals surface area contributed by atoms with Crippen LogP contribution in [0.4, 0.5) is 13.2 Å². The van der Waals surface area contributed by atoms with Crippen molar-refractivity contribution in [3.8, 4) is 11.3 Å². The van der Waals surface area contributed by atoms with Crippen LogP contribution in [0.5, 0.6) is 0 Å². The van der Waals surface area contributed by atoms with Crippen LogP contribution in [0, 0.1) is 0 Å². The molecular formula is C12H9ClF3NO. The van der Waals surface area contributed by atoms with E-state index in [1.54, 1.807) is 0 Å². The van der Waals surface area contributed by atoms with Gasteiger partial charge in [0.25, 0.3) is 0 Å². The summed E-state index contributed by atoms with van der Waals surface area (Å²) in [6.07, 6.45) is -2.75. The quantitative estimate of drug-likeness (QED) is 0.787. The molecule has 0 aliphatic carbocycles. The largest absolute Gasteiger partial charge is 0.441 e. The highest BCUT2D eigenvalue weighted by atomic mass is 35.5. The molecule has 0 bridgehead atoms. The Morgan fingerprint density at radius 2 is 1.94 bits per heavy atom. The molecule has 1 aromatic carbocycles. The van der Waals surface area contributed by atoms with E-state index < -0.39 is 11.7 Å². The van der Waals surface area contributed by atoms with Crippen molar-refractivity contribution >= 4 is 11.6 Å². The van der Waals surface area contributed by atoms with E-state index in [0.717, 1.165) is 6.07 Å². The van der Waals surface area contributed by atoms with Crippen LogP contribution >= 0.6 is 11.6 Å². The summed E-state index contributed by atoms with van der Waals surface area (Å²) in [7, 11) is 0. The lowest BCUT2D eigenvalue weighted by molar-refractivity contribution is -0.137. The lowest BCUT2D eigenvalue weighted by atomic mass is 10.1. The molecule has 2 nitrogen and oxygen atoms in total. The predicted octanol–water partition coefficient (Wildman–Crippen LogP) is 4.14. The summed E-state index contributed by atoms with van der Waals surface area (Å²) in [5, 5.41) is 0. The topological polar surface area (TPSA) is 26.0 Å². The lowest BCUT2D eigenvalue weighted by Crippen LogP contribution is -2.06. The molecule has 0 saturated carbocycles. The van der Waals surface area contributed by atoms with Gasteiger partial charge >= 0.3 is 6.18 Å². The monoisotopic (exact) mass is 275 g/mol. The normalized spacial score (nSPS) is 11.8. The molecule has 6 heteroatoms. The fourth-order valence-corrected chi connectivity index (χ4v) is 1.74. The molecule has 0 radical (unpaired) electrons. The van der Waals surface area contributed by atoms with Crippen LogP contribution in [0.2, 0.25) is 0 Å². The van der Waals surface area contributed by atoms with Crippen molar-refractivity contribution in [1.29, 1.82) is 0 Å². The van der Waals surface area contributed by atoms with Crippen molar-refractivity contribution in [3.63, 3.8) is 0 Å². The average Bonchev–Trinajstić information content (AvgIpc) is 2.77. The van der Waals surface area contributed by atoms with Gasteiger partial charge in [0.15, 0.2) is 11.7 Å². The fraction of sp³-hybridized carbons (Fsp3) is 0.250. The molecule has 0 N–H and O–H groups in total. The summed E-state index contributed by atoms with van der Waals surface area (Å²) in [5.41, 5.74) is -0.753. The Bertz CT molecular complexity index is 536. The van der Waals surface area contributed by atoms with Crippen LogP contribution in [-0.2, 0) is 12.6 Å². The van der Waals surface area contributed by atoms with Gasteiger partial charge in [0.2, 0.25) is 0 Å². The zero-order chi connectivity index (χ0) is 13.2. The second-order valence-corrected chi connectivity index (χ2v) is 3.98. The summed E-state index contributed by atoms with van der Waals surface area (Å²) < 4.78 is 43.7. The Kier molecular flexibility index (Phi) is 3.61. The van der Waals surface area contributed by atoms with Crippen LogP contribution in [0.15, 0.2) is 34.9 Å². The Morgan fingerprint density at radius 3 is 2.61 bits per heavy atom. The molecule has 2 rings (SSSR count). The van der Waals surface area contributed by atoms with E-state index in [-0.39, 0.29) is 11.3 Å². The van der Waals surface area contributed by atoms with Gasteiger partial charge < -0.3 is 4.42 Å². The van der Waals surface area contributed by atoms with E-state index in [1.807, 2.05) is 0 Å². The summed E-state index contributed by atoms with van der Waals surface area (Å²) in [6.45, 7) is 0. The Hall–Kier alpha value is -1.49. The molecule has 0 aliphatic rings. The number of rotatable bonds is 3. The highest BCUT2D eigenvalue weighted by Crippen LogP contribution is 2.37. The van der Waals surface area contributed by atoms with Crippen LogP contribution in [0.1, 0.15) is 11.5 Å². The van der Waals surface area contributed by atoms with Gasteiger partial charge in [-0.15, -0.1) is 11.6 Å². The van der Waals surface area contributed by atoms with Gasteiger partial charge in [-0.3, -0.25) is 0 Å². The Labute approximate surface area is 106 Å². The van der Waals surface area contributed by atoms with Gasteiger partial charge in [0.1, 0.15) is 0 Å². The fourth-order valence-electron chi connectivity index (χ4n) is 1.58. The number of halogens is 4. The molecule has 0 saturated heterocycles. The van der Waals surface area contributed by atoms with E-state index in [9.17, 15) is 13.2 Å². The minimum Gasteiger partial charge on any atom is -0.441 e. The first-order valence-electron chi connectivity index (χ1n) is 5.19. The number of nitrogens with zero attached hydrogens (tertiary/aromatic N) is 1. The van der Waals surface area contributed by atoms with Crippen molar-refractivity contribution in [3.05, 3.63) is 41.9 Å². The van der Waals surface area contributed by atoms with E-state index in [0.29, 0.717) is 18.2 Å². The zero-order valence-corrected chi connectivity index (χ0v) is 9.92. The minimum atomic E-state index is -4.42. The third-order valence-corrected chi connectivity index (χ3v) is 2.55. The second-order valence-electron chi connectivity index (χ2n) is 3.60. The summed E-state index contributed by atoms with van der Waals surface area (Å²) in [6, 6.07) is 5.23. The summed E-state index contributed by atoms with van der Waals surface area (Å²) >= 11 is 5.52. The van der Waals surface area contributed by atoms with Gasteiger partial charge in [-0.2, -0.15) is 13.2 Å². The smallest absolute Gasteiger partial charge is 0.417 e. The zero-order valence-electron chi connectivity index (χ0n) is 9.17. The van der Waals surface area contributed by atoms with E-state index >= 15 is 0 Å². The third kappa shape index (κ3) is 2.67. The molecule has 18 heavy (non-hydrogen) atoms. The van der Waals surface area contributed by atoms with Gasteiger partial charge in [-0.1, -0.05) is 18.2 Å². The van der Waals surface area contributed by atoms with Gasteiger partial charge in [-0.05, 0) is 6.07 Å². The molecular weight excluding hydrogens is 267 g/mol. The maximum absolute atomic E-state index is 12.8. The molecule has 0 unspecified atom stereocenters. The first kappa shape index (κ1) is 13.0. The third-order valence-electron chi connectivity index (χ3n) is 2.36. The van der Waals surface area contributed by atoms with Crippen LogP contribution in [0.25, 0.3) is 11.3 Å². The number of alkyl halides is 4. The highest BCUT2D eigenvalue weighted by Gasteiger charge is 2.34. The standard InChI is InChI=1S/C12H9ClF3NO/c13-6-5-11-17-7-10(18-11)8-3-1-2-4-9(8)12(14,15)16/h1-4,7H,5-6H2. The molecule has 0 fully saturated rings. The first-order valence-corrected chi connectivity index (χ1v) is 5.73. The van der Waals surface area contributed by atoms with E-state index in [1.165, 1.54) is 24.4 Å². The number of hydrogen-bond donors (Lipinski definition) is 0. The molecule has 0 aliphatic heterocycles. The molecule has 0 amide bonds. The molecule has 0 atom stereocenters. The Balaban J connectivity index is 2.43. The van der Waals surface area contributed by atoms with E-state index in [4.69, 9.17) is 16.0 Å². The molecule has 2 aromatic rings. The van der Waals surface area contributed by atoms with Crippen molar-refractivity contribution in [2.75, 3.05) is 5.88 Å². The molecule has 1 aromatic heterocycles. The van der Waals surface area contributed by atoms with Crippen LogP contribution in [-0.4, -0.2) is 10.9 Å². The Morgan fingerprint density at radius 1 is 1.22 bits per heavy atom. The lowest BCUT2D eigenvalue weighted by Gasteiger charge is -2.10. The van der Waals surface area contributed by atoms with E-state index in [2.05, 4.69) is 4.98 Å². The second kappa shape index (κ2) is 5.02. The summed E-state index contributed by atoms with van der Waals surface area (Å²) in [4.78, 5) is 3.89. The van der Waals surface area contributed by atoms with Gasteiger partial charge in [-0.25, -0.2) is 4.98 Å². The number of aromatic nitrogens is 1. The van der Waals surface area contributed by atoms with Crippen LogP contribution < -0.4 is 0 Å². The van der Waals surface area contributed by atoms with Gasteiger partial charge in [0.05, 0.1) is 11.8 Å². The molecule has 1 heterocycles. The molecule has 0 spiro atoms. The number of benzene rings is 1. The molecule has 96 valence electrons. The highest BCUT2D eigenvalue weighted by molar-refractivity contribution is 6.17. The minimum absolute atomic E-state index is 0.0154. The van der Waals surface area contributed by atoms with Crippen molar-refractivity contribution in [2.24, 2.45) is 0 Å². The number of oxazole rings is 1. The number of aryl methyl sites for hydroxylation is 1. The van der Waals surface area contributed by atoms with Crippen LogP contribution in [0.3, 0.4) is 0 Å². The average molecular weight is 276 g/mol. The van der Waals surface area contributed by atoms with Crippen molar-refractivity contribution in [1.82, 2.24) is 4.98 Å². The van der Waals surface area contributed by atoms with Crippen molar-refractivity contribution < 1.29 is 17.6 Å². The van der Waals surface area contributed by atoms with Gasteiger partial charge in [0, 0.05) is 17.9 Å². The maximum atomic E-state index is 12.8. The summed E-state index contributed by atoms with van der Waals surface area (Å²) in [5.74, 6) is 0.737. The van der Waals surface area contributed by atoms with Crippen molar-refractivity contribution in [2.45, 2.75) is 12.6 Å².